The topological polar surface area (TPSA) is 38.3 Å². The summed E-state index contributed by atoms with van der Waals surface area (Å²) < 4.78 is 6.08. The molecule has 2 aromatic carbocycles. The Morgan fingerprint density at radius 1 is 1.08 bits per heavy atom. The number of anilines is 1. The molecule has 0 aliphatic rings. The van der Waals surface area contributed by atoms with Crippen LogP contribution in [0.2, 0.25) is 0 Å². The van der Waals surface area contributed by atoms with Crippen molar-refractivity contribution in [1.29, 1.82) is 0 Å². The summed E-state index contributed by atoms with van der Waals surface area (Å²) in [6.45, 7) is 2.19. The zero-order valence-corrected chi connectivity index (χ0v) is 15.9. The van der Waals surface area contributed by atoms with Gasteiger partial charge in [0.25, 0.3) is 0 Å². The lowest BCUT2D eigenvalue weighted by Crippen LogP contribution is -2.12. The van der Waals surface area contributed by atoms with Crippen LogP contribution >= 0.6 is 15.9 Å². The van der Waals surface area contributed by atoms with Crippen molar-refractivity contribution in [2.45, 2.75) is 39.0 Å². The van der Waals surface area contributed by atoms with E-state index >= 15 is 0 Å². The zero-order chi connectivity index (χ0) is 17.4. The first-order valence-electron chi connectivity index (χ1n) is 8.33. The number of aryl methyl sites for hydroxylation is 2. The first kappa shape index (κ1) is 18.5. The molecule has 0 aromatic heterocycles. The third-order valence-corrected chi connectivity index (χ3v) is 4.58. The number of hydrogen-bond donors (Lipinski definition) is 1. The minimum absolute atomic E-state index is 0.0211. The van der Waals surface area contributed by atoms with Crippen LogP contribution in [-0.4, -0.2) is 13.0 Å². The number of nitrogens with one attached hydrogen (secondary N) is 1. The minimum atomic E-state index is 0.0211. The smallest absolute Gasteiger partial charge is 0.224 e. The van der Waals surface area contributed by atoms with Gasteiger partial charge in [0.1, 0.15) is 5.75 Å². The second-order valence-corrected chi connectivity index (χ2v) is 6.67. The van der Waals surface area contributed by atoms with E-state index in [4.69, 9.17) is 4.74 Å². The molecule has 0 spiro atoms. The second-order valence-electron chi connectivity index (χ2n) is 5.81. The highest BCUT2D eigenvalue weighted by Crippen LogP contribution is 2.25. The second kappa shape index (κ2) is 9.48. The average Bonchev–Trinajstić information content (AvgIpc) is 2.60. The molecule has 0 aliphatic carbocycles. The SMILES string of the molecule is CCCCc1ccc(NC(=O)CCc2ccc(OC)cc2)c(Br)c1. The van der Waals surface area contributed by atoms with E-state index < -0.39 is 0 Å². The average molecular weight is 390 g/mol. The molecular formula is C20H24BrNO2. The van der Waals surface area contributed by atoms with E-state index in [9.17, 15) is 4.79 Å². The van der Waals surface area contributed by atoms with E-state index in [-0.39, 0.29) is 5.91 Å². The summed E-state index contributed by atoms with van der Waals surface area (Å²) in [6.07, 6.45) is 4.60. The fourth-order valence-corrected chi connectivity index (χ4v) is 2.98. The summed E-state index contributed by atoms with van der Waals surface area (Å²) >= 11 is 3.55. The number of carbonyl (C=O) groups excluding carboxylic acids is 1. The van der Waals surface area contributed by atoms with Gasteiger partial charge in [0.15, 0.2) is 0 Å². The number of benzene rings is 2. The van der Waals surface area contributed by atoms with Gasteiger partial charge in [-0.15, -0.1) is 0 Å². The van der Waals surface area contributed by atoms with Gasteiger partial charge < -0.3 is 10.1 Å². The molecule has 1 amide bonds. The van der Waals surface area contributed by atoms with Crippen LogP contribution in [0.15, 0.2) is 46.9 Å². The summed E-state index contributed by atoms with van der Waals surface area (Å²) in [5.74, 6) is 0.850. The van der Waals surface area contributed by atoms with Crippen molar-refractivity contribution in [3.63, 3.8) is 0 Å². The van der Waals surface area contributed by atoms with Gasteiger partial charge in [-0.05, 0) is 70.6 Å². The summed E-state index contributed by atoms with van der Waals surface area (Å²) in [7, 11) is 1.65. The van der Waals surface area contributed by atoms with Crippen molar-refractivity contribution in [3.05, 3.63) is 58.1 Å². The van der Waals surface area contributed by atoms with Crippen molar-refractivity contribution in [2.75, 3.05) is 12.4 Å². The Labute approximate surface area is 152 Å². The Morgan fingerprint density at radius 2 is 1.79 bits per heavy atom. The number of hydrogen-bond acceptors (Lipinski definition) is 2. The molecule has 4 heteroatoms. The van der Waals surface area contributed by atoms with Crippen molar-refractivity contribution in [3.8, 4) is 5.75 Å². The number of halogens is 1. The van der Waals surface area contributed by atoms with Crippen LogP contribution in [0.4, 0.5) is 5.69 Å². The monoisotopic (exact) mass is 389 g/mol. The van der Waals surface area contributed by atoms with E-state index in [0.717, 1.165) is 27.9 Å². The Balaban J connectivity index is 1.87. The Hall–Kier alpha value is -1.81. The van der Waals surface area contributed by atoms with E-state index in [1.807, 2.05) is 30.3 Å². The van der Waals surface area contributed by atoms with Gasteiger partial charge in [-0.2, -0.15) is 0 Å². The van der Waals surface area contributed by atoms with Crippen LogP contribution in [0.25, 0.3) is 0 Å². The molecule has 0 saturated carbocycles. The van der Waals surface area contributed by atoms with Crippen LogP contribution in [0.1, 0.15) is 37.3 Å². The Kier molecular flexibility index (Phi) is 7.32. The van der Waals surface area contributed by atoms with Crippen LogP contribution in [0, 0.1) is 0 Å². The summed E-state index contributed by atoms with van der Waals surface area (Å²) in [5.41, 5.74) is 3.25. The maximum absolute atomic E-state index is 12.2. The van der Waals surface area contributed by atoms with Crippen LogP contribution < -0.4 is 10.1 Å². The Morgan fingerprint density at radius 3 is 2.42 bits per heavy atom. The number of carbonyl (C=O) groups is 1. The van der Waals surface area contributed by atoms with Gasteiger partial charge in [-0.1, -0.05) is 31.5 Å². The van der Waals surface area contributed by atoms with Crippen LogP contribution in [-0.2, 0) is 17.6 Å². The molecule has 0 saturated heterocycles. The molecule has 0 bridgehead atoms. The molecule has 1 N–H and O–H groups in total. The van der Waals surface area contributed by atoms with Crippen molar-refractivity contribution >= 4 is 27.5 Å². The lowest BCUT2D eigenvalue weighted by molar-refractivity contribution is -0.116. The number of amides is 1. The lowest BCUT2D eigenvalue weighted by atomic mass is 10.1. The molecule has 2 rings (SSSR count). The number of rotatable bonds is 8. The van der Waals surface area contributed by atoms with Crippen molar-refractivity contribution in [1.82, 2.24) is 0 Å². The van der Waals surface area contributed by atoms with Crippen molar-refractivity contribution in [2.24, 2.45) is 0 Å². The van der Waals surface area contributed by atoms with E-state index in [1.54, 1.807) is 7.11 Å². The van der Waals surface area contributed by atoms with Crippen molar-refractivity contribution < 1.29 is 9.53 Å². The molecule has 0 atom stereocenters. The third-order valence-electron chi connectivity index (χ3n) is 3.93. The van der Waals surface area contributed by atoms with E-state index in [0.29, 0.717) is 12.8 Å². The van der Waals surface area contributed by atoms with Gasteiger partial charge in [-0.25, -0.2) is 0 Å². The molecule has 0 unspecified atom stereocenters. The number of unbranched alkanes of at least 4 members (excludes halogenated alkanes) is 1. The molecule has 24 heavy (non-hydrogen) atoms. The van der Waals surface area contributed by atoms with Gasteiger partial charge in [0.05, 0.1) is 12.8 Å². The molecule has 0 radical (unpaired) electrons. The van der Waals surface area contributed by atoms with Gasteiger partial charge in [-0.3, -0.25) is 4.79 Å². The summed E-state index contributed by atoms with van der Waals surface area (Å²) in [4.78, 5) is 12.2. The molecule has 128 valence electrons. The Bertz CT molecular complexity index is 668. The predicted octanol–water partition coefficient (Wildman–Crippen LogP) is 5.37. The quantitative estimate of drug-likeness (QED) is 0.658. The normalized spacial score (nSPS) is 10.5. The third kappa shape index (κ3) is 5.68. The highest BCUT2D eigenvalue weighted by molar-refractivity contribution is 9.10. The fourth-order valence-electron chi connectivity index (χ4n) is 2.46. The number of methoxy groups -OCH3 is 1. The minimum Gasteiger partial charge on any atom is -0.497 e. The zero-order valence-electron chi connectivity index (χ0n) is 14.3. The molecule has 0 heterocycles. The molecule has 3 nitrogen and oxygen atoms in total. The maximum Gasteiger partial charge on any atom is 0.224 e. The van der Waals surface area contributed by atoms with Crippen LogP contribution in [0.5, 0.6) is 5.75 Å². The van der Waals surface area contributed by atoms with Gasteiger partial charge >= 0.3 is 0 Å². The summed E-state index contributed by atoms with van der Waals surface area (Å²) in [6, 6.07) is 14.0. The molecular weight excluding hydrogens is 366 g/mol. The lowest BCUT2D eigenvalue weighted by Gasteiger charge is -2.09. The fraction of sp³-hybridized carbons (Fsp3) is 0.350. The highest BCUT2D eigenvalue weighted by Gasteiger charge is 2.07. The van der Waals surface area contributed by atoms with Crippen LogP contribution in [0.3, 0.4) is 0 Å². The van der Waals surface area contributed by atoms with Gasteiger partial charge in [0.2, 0.25) is 5.91 Å². The van der Waals surface area contributed by atoms with E-state index in [1.165, 1.54) is 18.4 Å². The highest BCUT2D eigenvalue weighted by atomic mass is 79.9. The molecule has 0 fully saturated rings. The summed E-state index contributed by atoms with van der Waals surface area (Å²) in [5, 5.41) is 2.98. The number of ether oxygens (including phenoxy) is 1. The molecule has 2 aromatic rings. The predicted molar refractivity (Wildman–Crippen MR) is 103 cm³/mol. The maximum atomic E-state index is 12.2. The standard InChI is InChI=1S/C20H24BrNO2/c1-3-4-5-16-8-12-19(18(21)14-16)22-20(23)13-9-15-6-10-17(24-2)11-7-15/h6-8,10-12,14H,3-5,9,13H2,1-2H3,(H,22,23). The largest absolute Gasteiger partial charge is 0.497 e. The molecule has 0 aliphatic heterocycles. The van der Waals surface area contributed by atoms with E-state index in [2.05, 4.69) is 40.3 Å². The first-order valence-corrected chi connectivity index (χ1v) is 9.13. The van der Waals surface area contributed by atoms with Gasteiger partial charge in [0, 0.05) is 10.9 Å². The first-order chi connectivity index (χ1) is 11.6.